The number of amides is 2. The van der Waals surface area contributed by atoms with Gasteiger partial charge in [-0.1, -0.05) is 42.0 Å². The second kappa shape index (κ2) is 7.61. The highest BCUT2D eigenvalue weighted by Gasteiger charge is 2.47. The number of hydrogen-bond donors (Lipinski definition) is 1. The van der Waals surface area contributed by atoms with Crippen LogP contribution >= 0.6 is 0 Å². The first-order valence-electron chi connectivity index (χ1n) is 10.6. The highest BCUT2D eigenvalue weighted by Crippen LogP contribution is 2.39. The zero-order chi connectivity index (χ0) is 21.4. The van der Waals surface area contributed by atoms with Gasteiger partial charge in [0.2, 0.25) is 0 Å². The van der Waals surface area contributed by atoms with E-state index in [9.17, 15) is 9.59 Å². The molecular weight excluding hydrogens is 390 g/mol. The Kier molecular flexibility index (Phi) is 4.77. The highest BCUT2D eigenvalue weighted by molar-refractivity contribution is 6.02. The number of anilines is 1. The fourth-order valence-electron chi connectivity index (χ4n) is 4.58. The van der Waals surface area contributed by atoms with Crippen LogP contribution in [-0.2, 0) is 6.54 Å². The van der Waals surface area contributed by atoms with Crippen LogP contribution in [0.2, 0.25) is 0 Å². The summed E-state index contributed by atoms with van der Waals surface area (Å²) in [4.78, 5) is 30.1. The summed E-state index contributed by atoms with van der Waals surface area (Å²) in [5, 5.41) is 3.67. The molecule has 31 heavy (non-hydrogen) atoms. The summed E-state index contributed by atoms with van der Waals surface area (Å²) in [6.07, 6.45) is 4.31. The molecule has 1 saturated heterocycles. The van der Waals surface area contributed by atoms with Crippen LogP contribution < -0.4 is 5.32 Å². The summed E-state index contributed by atoms with van der Waals surface area (Å²) in [6, 6.07) is 17.7. The molecule has 5 rings (SSSR count). The maximum absolute atomic E-state index is 13.6. The molecular formula is C25H25N3O3. The normalized spacial score (nSPS) is 17.4. The minimum Gasteiger partial charge on any atom is -0.472 e. The molecule has 0 radical (unpaired) electrons. The Balaban J connectivity index is 1.44. The Hall–Kier alpha value is -3.54. The van der Waals surface area contributed by atoms with Crippen molar-refractivity contribution < 1.29 is 14.0 Å². The van der Waals surface area contributed by atoms with E-state index < -0.39 is 5.66 Å². The molecule has 1 aromatic heterocycles. The van der Waals surface area contributed by atoms with Gasteiger partial charge in [-0.05, 0) is 30.7 Å². The molecule has 2 aliphatic rings. The van der Waals surface area contributed by atoms with E-state index in [1.807, 2.05) is 34.1 Å². The third-order valence-corrected chi connectivity index (χ3v) is 6.39. The molecule has 1 N–H and O–H groups in total. The van der Waals surface area contributed by atoms with Crippen molar-refractivity contribution in [2.45, 2.75) is 32.0 Å². The maximum Gasteiger partial charge on any atom is 0.258 e. The van der Waals surface area contributed by atoms with Crippen molar-refractivity contribution in [3.8, 4) is 0 Å². The van der Waals surface area contributed by atoms with Crippen LogP contribution in [0.4, 0.5) is 5.69 Å². The van der Waals surface area contributed by atoms with Gasteiger partial charge in [0.1, 0.15) is 11.9 Å². The lowest BCUT2D eigenvalue weighted by molar-refractivity contribution is 0.0229. The van der Waals surface area contributed by atoms with Gasteiger partial charge in [-0.3, -0.25) is 9.59 Å². The van der Waals surface area contributed by atoms with Gasteiger partial charge in [0.15, 0.2) is 0 Å². The number of furan rings is 1. The summed E-state index contributed by atoms with van der Waals surface area (Å²) in [5.74, 6) is 0.000701. The van der Waals surface area contributed by atoms with Crippen molar-refractivity contribution in [1.82, 2.24) is 9.80 Å². The predicted octanol–water partition coefficient (Wildman–Crippen LogP) is 4.29. The van der Waals surface area contributed by atoms with Gasteiger partial charge >= 0.3 is 0 Å². The van der Waals surface area contributed by atoms with E-state index in [1.54, 1.807) is 6.07 Å². The number of fused-ring (bicyclic) bond motifs is 1. The van der Waals surface area contributed by atoms with Crippen LogP contribution in [0, 0.1) is 6.92 Å². The lowest BCUT2D eigenvalue weighted by Crippen LogP contribution is -2.64. The Bertz CT molecular complexity index is 1100. The van der Waals surface area contributed by atoms with Crippen LogP contribution in [0.3, 0.4) is 0 Å². The first kappa shape index (κ1) is 19.4. The molecule has 2 aromatic carbocycles. The Morgan fingerprint density at radius 1 is 1.06 bits per heavy atom. The number of rotatable bonds is 3. The van der Waals surface area contributed by atoms with Crippen LogP contribution in [0.1, 0.15) is 44.7 Å². The molecule has 6 nitrogen and oxygen atoms in total. The summed E-state index contributed by atoms with van der Waals surface area (Å²) >= 11 is 0. The number of aryl methyl sites for hydroxylation is 1. The summed E-state index contributed by atoms with van der Waals surface area (Å²) < 4.78 is 5.07. The maximum atomic E-state index is 13.6. The van der Waals surface area contributed by atoms with Crippen molar-refractivity contribution in [1.29, 1.82) is 0 Å². The molecule has 1 fully saturated rings. The Labute approximate surface area is 181 Å². The van der Waals surface area contributed by atoms with E-state index in [-0.39, 0.29) is 11.8 Å². The largest absolute Gasteiger partial charge is 0.472 e. The molecule has 2 aliphatic heterocycles. The van der Waals surface area contributed by atoms with Crippen molar-refractivity contribution in [3.63, 3.8) is 0 Å². The van der Waals surface area contributed by atoms with Gasteiger partial charge in [-0.2, -0.15) is 0 Å². The average Bonchev–Trinajstić information content (AvgIpc) is 3.33. The lowest BCUT2D eigenvalue weighted by Gasteiger charge is -2.52. The lowest BCUT2D eigenvalue weighted by atomic mass is 9.89. The zero-order valence-electron chi connectivity index (χ0n) is 17.5. The van der Waals surface area contributed by atoms with Crippen molar-refractivity contribution >= 4 is 17.5 Å². The number of nitrogens with one attached hydrogen (secondary N) is 1. The molecule has 0 unspecified atom stereocenters. The molecule has 0 bridgehead atoms. The van der Waals surface area contributed by atoms with Gasteiger partial charge in [-0.15, -0.1) is 0 Å². The van der Waals surface area contributed by atoms with Gasteiger partial charge in [-0.25, -0.2) is 0 Å². The Morgan fingerprint density at radius 2 is 1.81 bits per heavy atom. The molecule has 0 saturated carbocycles. The van der Waals surface area contributed by atoms with Crippen molar-refractivity contribution in [3.05, 3.63) is 89.4 Å². The number of carbonyl (C=O) groups excluding carboxylic acids is 2. The fourth-order valence-corrected chi connectivity index (χ4v) is 4.58. The second-order valence-corrected chi connectivity index (χ2v) is 8.38. The van der Waals surface area contributed by atoms with E-state index >= 15 is 0 Å². The quantitative estimate of drug-likeness (QED) is 0.693. The zero-order valence-corrected chi connectivity index (χ0v) is 17.5. The molecule has 1 spiro atoms. The number of hydrogen-bond acceptors (Lipinski definition) is 4. The minimum absolute atomic E-state index is 0.0313. The number of likely N-dealkylation sites (tertiary alicyclic amines) is 1. The monoisotopic (exact) mass is 415 g/mol. The average molecular weight is 415 g/mol. The van der Waals surface area contributed by atoms with Crippen LogP contribution in [0.5, 0.6) is 0 Å². The van der Waals surface area contributed by atoms with Crippen LogP contribution in [-0.4, -0.2) is 40.4 Å². The summed E-state index contributed by atoms with van der Waals surface area (Å²) in [7, 11) is 0. The topological polar surface area (TPSA) is 65.8 Å². The van der Waals surface area contributed by atoms with E-state index in [0.717, 1.165) is 11.3 Å². The molecule has 3 heterocycles. The summed E-state index contributed by atoms with van der Waals surface area (Å²) in [5.41, 5.74) is 3.88. The van der Waals surface area contributed by atoms with E-state index in [0.29, 0.717) is 43.6 Å². The first-order valence-corrected chi connectivity index (χ1v) is 10.6. The van der Waals surface area contributed by atoms with Crippen molar-refractivity contribution in [2.75, 3.05) is 18.4 Å². The van der Waals surface area contributed by atoms with Gasteiger partial charge in [0.05, 0.1) is 17.4 Å². The number of para-hydroxylation sites is 1. The molecule has 0 atom stereocenters. The van der Waals surface area contributed by atoms with Gasteiger partial charge in [0.25, 0.3) is 11.8 Å². The molecule has 2 amide bonds. The Morgan fingerprint density at radius 3 is 2.52 bits per heavy atom. The van der Waals surface area contributed by atoms with Gasteiger partial charge < -0.3 is 19.5 Å². The fraction of sp³-hybridized carbons (Fsp3) is 0.280. The smallest absolute Gasteiger partial charge is 0.258 e. The van der Waals surface area contributed by atoms with Crippen LogP contribution in [0.25, 0.3) is 0 Å². The van der Waals surface area contributed by atoms with Crippen LogP contribution in [0.15, 0.2) is 71.5 Å². The first-order chi connectivity index (χ1) is 15.1. The van der Waals surface area contributed by atoms with E-state index in [4.69, 9.17) is 4.42 Å². The second-order valence-electron chi connectivity index (χ2n) is 8.38. The highest BCUT2D eigenvalue weighted by atomic mass is 16.3. The van der Waals surface area contributed by atoms with E-state index in [1.165, 1.54) is 18.1 Å². The minimum atomic E-state index is -0.524. The number of benzene rings is 2. The SMILES string of the molecule is Cc1ccc(CN2C(=O)c3ccccc3NC23CCN(C(=O)c2ccoc2)CC3)cc1. The molecule has 0 aliphatic carbocycles. The number of carbonyl (C=O) groups is 2. The molecule has 6 heteroatoms. The summed E-state index contributed by atoms with van der Waals surface area (Å²) in [6.45, 7) is 3.71. The number of piperidine rings is 1. The third-order valence-electron chi connectivity index (χ3n) is 6.39. The standard InChI is InChI=1S/C25H25N3O3/c1-18-6-8-19(9-7-18)16-28-24(30)21-4-2-3-5-22(21)26-25(28)11-13-27(14-12-25)23(29)20-10-15-31-17-20/h2-10,15,17,26H,11-14,16H2,1H3. The molecule has 158 valence electrons. The predicted molar refractivity (Wildman–Crippen MR) is 118 cm³/mol. The molecule has 3 aromatic rings. The van der Waals surface area contributed by atoms with Crippen molar-refractivity contribution in [2.24, 2.45) is 0 Å². The third kappa shape index (κ3) is 3.48. The van der Waals surface area contributed by atoms with Gasteiger partial charge in [0, 0.05) is 38.2 Å². The number of nitrogens with zero attached hydrogens (tertiary/aromatic N) is 2. The van der Waals surface area contributed by atoms with E-state index in [2.05, 4.69) is 36.5 Å².